The highest BCUT2D eigenvalue weighted by atomic mass is 35.5. The number of anilines is 2. The molecule has 0 unspecified atom stereocenters. The Balaban J connectivity index is 2.06. The Labute approximate surface area is 123 Å². The first-order chi connectivity index (χ1) is 9.17. The third kappa shape index (κ3) is 4.37. The number of hydrogen-bond acceptors (Lipinski definition) is 3. The van der Waals surface area contributed by atoms with Crippen LogP contribution >= 0.6 is 23.2 Å². The fourth-order valence-corrected chi connectivity index (χ4v) is 2.15. The minimum absolute atomic E-state index is 0.134. The molecule has 1 N–H and O–H groups in total. The molecule has 0 aliphatic rings. The summed E-state index contributed by atoms with van der Waals surface area (Å²) < 4.78 is 0. The number of halogens is 2. The minimum Gasteiger partial charge on any atom is -0.340 e. The lowest BCUT2D eigenvalue weighted by atomic mass is 10.1. The first-order valence-electron chi connectivity index (χ1n) is 6.23. The normalized spacial score (nSPS) is 10.5. The van der Waals surface area contributed by atoms with Crippen LogP contribution in [0.3, 0.4) is 0 Å². The van der Waals surface area contributed by atoms with E-state index < -0.39 is 0 Å². The number of rotatable bonds is 5. The molecule has 0 bridgehead atoms. The SMILES string of the molecule is CCCCc1ccc(Nc2cc(Cl)nc(Cl)n2)cc1. The van der Waals surface area contributed by atoms with Crippen molar-refractivity contribution in [1.82, 2.24) is 9.97 Å². The number of benzene rings is 1. The second kappa shape index (κ2) is 6.73. The van der Waals surface area contributed by atoms with Crippen LogP contribution in [0.1, 0.15) is 25.3 Å². The van der Waals surface area contributed by atoms with E-state index in [0.29, 0.717) is 11.0 Å². The van der Waals surface area contributed by atoms with E-state index in [9.17, 15) is 0 Å². The Morgan fingerprint density at radius 3 is 2.47 bits per heavy atom. The highest BCUT2D eigenvalue weighted by molar-refractivity contribution is 6.32. The molecule has 0 atom stereocenters. The van der Waals surface area contributed by atoms with Gasteiger partial charge in [-0.1, -0.05) is 37.1 Å². The zero-order chi connectivity index (χ0) is 13.7. The van der Waals surface area contributed by atoms with Crippen LogP contribution in [0.5, 0.6) is 0 Å². The Kier molecular flexibility index (Phi) is 5.00. The maximum absolute atomic E-state index is 5.82. The molecule has 1 aromatic heterocycles. The fourth-order valence-electron chi connectivity index (χ4n) is 1.74. The summed E-state index contributed by atoms with van der Waals surface area (Å²) in [5, 5.41) is 3.60. The van der Waals surface area contributed by atoms with Gasteiger partial charge in [0.2, 0.25) is 5.28 Å². The average Bonchev–Trinajstić information content (AvgIpc) is 2.37. The zero-order valence-corrected chi connectivity index (χ0v) is 12.2. The lowest BCUT2D eigenvalue weighted by Crippen LogP contribution is -1.95. The predicted octanol–water partition coefficient (Wildman–Crippen LogP) is 4.87. The predicted molar refractivity (Wildman–Crippen MR) is 80.4 cm³/mol. The molecule has 1 aromatic carbocycles. The molecule has 0 aliphatic heterocycles. The van der Waals surface area contributed by atoms with Gasteiger partial charge in [-0.15, -0.1) is 0 Å². The monoisotopic (exact) mass is 295 g/mol. The van der Waals surface area contributed by atoms with Crippen LogP contribution in [0.15, 0.2) is 30.3 Å². The van der Waals surface area contributed by atoms with Crippen molar-refractivity contribution in [2.24, 2.45) is 0 Å². The molecule has 0 saturated carbocycles. The van der Waals surface area contributed by atoms with Crippen LogP contribution in [-0.2, 0) is 6.42 Å². The van der Waals surface area contributed by atoms with Gasteiger partial charge in [0.1, 0.15) is 11.0 Å². The van der Waals surface area contributed by atoms with Gasteiger partial charge in [0.15, 0.2) is 0 Å². The zero-order valence-electron chi connectivity index (χ0n) is 10.7. The van der Waals surface area contributed by atoms with Gasteiger partial charge in [-0.2, -0.15) is 0 Å². The molecule has 0 aliphatic carbocycles. The van der Waals surface area contributed by atoms with E-state index in [-0.39, 0.29) is 5.28 Å². The molecule has 2 rings (SSSR count). The topological polar surface area (TPSA) is 37.8 Å². The molecule has 2 aromatic rings. The van der Waals surface area contributed by atoms with Crippen LogP contribution in [0.2, 0.25) is 10.4 Å². The summed E-state index contributed by atoms with van der Waals surface area (Å²) in [5.41, 5.74) is 2.29. The van der Waals surface area contributed by atoms with E-state index >= 15 is 0 Å². The highest BCUT2D eigenvalue weighted by Crippen LogP contribution is 2.20. The second-order valence-electron chi connectivity index (χ2n) is 4.27. The largest absolute Gasteiger partial charge is 0.340 e. The number of nitrogens with zero attached hydrogens (tertiary/aromatic N) is 2. The molecule has 0 radical (unpaired) electrons. The fraction of sp³-hybridized carbons (Fsp3) is 0.286. The number of aryl methyl sites for hydroxylation is 1. The quantitative estimate of drug-likeness (QED) is 0.632. The van der Waals surface area contributed by atoms with E-state index in [2.05, 4.69) is 34.3 Å². The molecule has 0 amide bonds. The van der Waals surface area contributed by atoms with Gasteiger partial charge in [0.25, 0.3) is 0 Å². The van der Waals surface area contributed by atoms with E-state index in [1.54, 1.807) is 6.07 Å². The first kappa shape index (κ1) is 14.1. The lowest BCUT2D eigenvalue weighted by Gasteiger charge is -2.07. The summed E-state index contributed by atoms with van der Waals surface area (Å²) in [5.74, 6) is 0.589. The van der Waals surface area contributed by atoms with Crippen molar-refractivity contribution < 1.29 is 0 Å². The highest BCUT2D eigenvalue weighted by Gasteiger charge is 2.02. The second-order valence-corrected chi connectivity index (χ2v) is 5.00. The Hall–Kier alpha value is -1.32. The van der Waals surface area contributed by atoms with Gasteiger partial charge in [0, 0.05) is 11.8 Å². The minimum atomic E-state index is 0.134. The molecule has 1 heterocycles. The van der Waals surface area contributed by atoms with Crippen LogP contribution in [-0.4, -0.2) is 9.97 Å². The molecule has 0 fully saturated rings. The summed E-state index contributed by atoms with van der Waals surface area (Å²) in [6.07, 6.45) is 3.53. The molecule has 5 heteroatoms. The number of unbranched alkanes of at least 4 members (excludes halogenated alkanes) is 1. The Morgan fingerprint density at radius 1 is 1.11 bits per heavy atom. The van der Waals surface area contributed by atoms with Crippen molar-refractivity contribution in [3.8, 4) is 0 Å². The molecular formula is C14H15Cl2N3. The van der Waals surface area contributed by atoms with Gasteiger partial charge in [-0.3, -0.25) is 0 Å². The maximum atomic E-state index is 5.82. The van der Waals surface area contributed by atoms with E-state index in [1.807, 2.05) is 12.1 Å². The van der Waals surface area contributed by atoms with Gasteiger partial charge in [0.05, 0.1) is 0 Å². The van der Waals surface area contributed by atoms with Crippen molar-refractivity contribution in [3.05, 3.63) is 46.3 Å². The van der Waals surface area contributed by atoms with E-state index in [1.165, 1.54) is 18.4 Å². The van der Waals surface area contributed by atoms with Gasteiger partial charge < -0.3 is 5.32 Å². The van der Waals surface area contributed by atoms with Crippen LogP contribution in [0.25, 0.3) is 0 Å². The first-order valence-corrected chi connectivity index (χ1v) is 6.99. The third-order valence-electron chi connectivity index (χ3n) is 2.71. The third-order valence-corrected chi connectivity index (χ3v) is 3.08. The average molecular weight is 296 g/mol. The summed E-state index contributed by atoms with van der Waals surface area (Å²) in [4.78, 5) is 7.86. The molecular weight excluding hydrogens is 281 g/mol. The maximum Gasteiger partial charge on any atom is 0.225 e. The summed E-state index contributed by atoms with van der Waals surface area (Å²) in [6, 6.07) is 9.91. The number of aromatic nitrogens is 2. The van der Waals surface area contributed by atoms with Crippen molar-refractivity contribution >= 4 is 34.7 Å². The smallest absolute Gasteiger partial charge is 0.225 e. The lowest BCUT2D eigenvalue weighted by molar-refractivity contribution is 0.795. The van der Waals surface area contributed by atoms with Crippen molar-refractivity contribution in [1.29, 1.82) is 0 Å². The molecule has 19 heavy (non-hydrogen) atoms. The van der Waals surface area contributed by atoms with Crippen LogP contribution < -0.4 is 5.32 Å². The van der Waals surface area contributed by atoms with Crippen molar-refractivity contribution in [2.75, 3.05) is 5.32 Å². The van der Waals surface area contributed by atoms with Crippen molar-refractivity contribution in [2.45, 2.75) is 26.2 Å². The summed E-state index contributed by atoms with van der Waals surface area (Å²) >= 11 is 11.6. The van der Waals surface area contributed by atoms with Crippen molar-refractivity contribution in [3.63, 3.8) is 0 Å². The van der Waals surface area contributed by atoms with Gasteiger partial charge >= 0.3 is 0 Å². The number of hydrogen-bond donors (Lipinski definition) is 1. The van der Waals surface area contributed by atoms with Crippen LogP contribution in [0.4, 0.5) is 11.5 Å². The molecule has 0 saturated heterocycles. The summed E-state index contributed by atoms with van der Waals surface area (Å²) in [6.45, 7) is 2.19. The molecule has 100 valence electrons. The molecule has 3 nitrogen and oxygen atoms in total. The standard InChI is InChI=1S/C14H15Cl2N3/c1-2-3-4-10-5-7-11(8-6-10)17-13-9-12(15)18-14(16)19-13/h5-9H,2-4H2,1H3,(H,17,18,19). The Morgan fingerprint density at radius 2 is 1.84 bits per heavy atom. The summed E-state index contributed by atoms with van der Waals surface area (Å²) in [7, 11) is 0. The van der Waals surface area contributed by atoms with Crippen LogP contribution in [0, 0.1) is 0 Å². The van der Waals surface area contributed by atoms with E-state index in [0.717, 1.165) is 12.1 Å². The van der Waals surface area contributed by atoms with Gasteiger partial charge in [-0.25, -0.2) is 9.97 Å². The number of nitrogens with one attached hydrogen (secondary N) is 1. The van der Waals surface area contributed by atoms with Gasteiger partial charge in [-0.05, 0) is 42.1 Å². The van der Waals surface area contributed by atoms with E-state index in [4.69, 9.17) is 23.2 Å². The molecule has 0 spiro atoms. The Bertz CT molecular complexity index is 521.